The summed E-state index contributed by atoms with van der Waals surface area (Å²) in [4.78, 5) is 11.6. The summed E-state index contributed by atoms with van der Waals surface area (Å²) in [5.41, 5.74) is -0.564. The van der Waals surface area contributed by atoms with E-state index in [1.54, 1.807) is 0 Å². The Hall–Kier alpha value is -1.16. The van der Waals surface area contributed by atoms with Crippen molar-refractivity contribution in [2.45, 2.75) is 25.6 Å². The van der Waals surface area contributed by atoms with Crippen LogP contribution in [-0.4, -0.2) is 17.8 Å². The van der Waals surface area contributed by atoms with E-state index in [0.29, 0.717) is 5.92 Å². The van der Waals surface area contributed by atoms with E-state index in [-0.39, 0.29) is 11.9 Å². The molecule has 0 aromatic heterocycles. The average molecular weight is 276 g/mol. The minimum Gasteiger partial charge on any atom is -0.350 e. The zero-order valence-corrected chi connectivity index (χ0v) is 11.1. The molecule has 5 heteroatoms. The summed E-state index contributed by atoms with van der Waals surface area (Å²) in [6, 6.07) is 3.30. The van der Waals surface area contributed by atoms with Crippen LogP contribution in [0.25, 0.3) is 0 Å². The second-order valence-corrected chi connectivity index (χ2v) is 5.15. The lowest BCUT2D eigenvalue weighted by molar-refractivity contribution is 0.0944. The van der Waals surface area contributed by atoms with Gasteiger partial charge in [-0.2, -0.15) is 0 Å². The van der Waals surface area contributed by atoms with Crippen LogP contribution < -0.4 is 5.32 Å². The summed E-state index contributed by atoms with van der Waals surface area (Å²) in [5, 5.41) is 2.19. The highest BCUT2D eigenvalue weighted by Crippen LogP contribution is 2.13. The Morgan fingerprint density at radius 1 is 1.33 bits per heavy atom. The molecule has 100 valence electrons. The highest BCUT2D eigenvalue weighted by molar-refractivity contribution is 6.21. The van der Waals surface area contributed by atoms with Crippen LogP contribution in [0.3, 0.4) is 0 Å². The summed E-state index contributed by atoms with van der Waals surface area (Å²) in [6.07, 6.45) is 0.724. The summed E-state index contributed by atoms with van der Waals surface area (Å²) in [5.74, 6) is -2.13. The minimum atomic E-state index is -0.873. The van der Waals surface area contributed by atoms with E-state index in [1.807, 2.05) is 13.8 Å². The summed E-state index contributed by atoms with van der Waals surface area (Å²) in [7, 11) is 0. The van der Waals surface area contributed by atoms with E-state index in [9.17, 15) is 13.6 Å². The smallest absolute Gasteiger partial charge is 0.257 e. The molecule has 0 aliphatic rings. The molecule has 0 aliphatic carbocycles. The molecule has 0 aliphatic heterocycles. The van der Waals surface area contributed by atoms with Gasteiger partial charge in [0.2, 0.25) is 0 Å². The Morgan fingerprint density at radius 3 is 2.39 bits per heavy atom. The van der Waals surface area contributed by atoms with E-state index >= 15 is 0 Å². The molecule has 0 heterocycles. The maximum absolute atomic E-state index is 13.3. The zero-order valence-electron chi connectivity index (χ0n) is 10.3. The lowest BCUT2D eigenvalue weighted by Crippen LogP contribution is -2.31. The number of halogens is 3. The van der Waals surface area contributed by atoms with Gasteiger partial charge in [-0.3, -0.25) is 4.79 Å². The van der Waals surface area contributed by atoms with Crippen molar-refractivity contribution in [3.05, 3.63) is 35.4 Å². The van der Waals surface area contributed by atoms with Crippen LogP contribution in [0.4, 0.5) is 8.78 Å². The molecule has 1 rings (SSSR count). The number of nitrogens with one attached hydrogen (secondary N) is 1. The maximum atomic E-state index is 13.3. The first-order valence-corrected chi connectivity index (χ1v) is 6.21. The van der Waals surface area contributed by atoms with Crippen molar-refractivity contribution >= 4 is 17.5 Å². The quantitative estimate of drug-likeness (QED) is 0.821. The van der Waals surface area contributed by atoms with Crippen LogP contribution in [0, 0.1) is 17.6 Å². The first-order chi connectivity index (χ1) is 8.41. The van der Waals surface area contributed by atoms with E-state index in [2.05, 4.69) is 5.32 Å². The summed E-state index contributed by atoms with van der Waals surface area (Å²) < 4.78 is 26.6. The van der Waals surface area contributed by atoms with Crippen LogP contribution in [0.5, 0.6) is 0 Å². The van der Waals surface area contributed by atoms with Crippen molar-refractivity contribution in [2.75, 3.05) is 6.54 Å². The Kier molecular flexibility index (Phi) is 5.54. The van der Waals surface area contributed by atoms with Crippen molar-refractivity contribution in [3.63, 3.8) is 0 Å². The van der Waals surface area contributed by atoms with E-state index in [4.69, 9.17) is 11.6 Å². The number of rotatable bonds is 5. The molecule has 1 atom stereocenters. The number of benzene rings is 1. The van der Waals surface area contributed by atoms with Crippen molar-refractivity contribution in [3.8, 4) is 0 Å². The van der Waals surface area contributed by atoms with Crippen molar-refractivity contribution in [1.29, 1.82) is 0 Å². The van der Waals surface area contributed by atoms with Gasteiger partial charge in [0.1, 0.15) is 17.2 Å². The van der Waals surface area contributed by atoms with Gasteiger partial charge in [-0.1, -0.05) is 19.9 Å². The Labute approximate surface area is 110 Å². The fourth-order valence-electron chi connectivity index (χ4n) is 1.60. The average Bonchev–Trinajstić information content (AvgIpc) is 2.25. The molecule has 0 fully saturated rings. The third-order valence-electron chi connectivity index (χ3n) is 2.40. The van der Waals surface area contributed by atoms with Gasteiger partial charge in [-0.25, -0.2) is 8.78 Å². The molecule has 1 unspecified atom stereocenters. The summed E-state index contributed by atoms with van der Waals surface area (Å²) >= 11 is 5.98. The molecule has 0 radical (unpaired) electrons. The standard InChI is InChI=1S/C13H16ClF2NO/c1-8(2)6-9(14)7-17-13(18)12-10(15)4-3-5-11(12)16/h3-5,8-9H,6-7H2,1-2H3,(H,17,18). The first kappa shape index (κ1) is 14.9. The van der Waals surface area contributed by atoms with Crippen molar-refractivity contribution in [1.82, 2.24) is 5.32 Å². The second-order valence-electron chi connectivity index (χ2n) is 4.53. The van der Waals surface area contributed by atoms with Crippen molar-refractivity contribution in [2.24, 2.45) is 5.92 Å². The van der Waals surface area contributed by atoms with Gasteiger partial charge in [-0.15, -0.1) is 11.6 Å². The lowest BCUT2D eigenvalue weighted by Gasteiger charge is -2.13. The fourth-order valence-corrected chi connectivity index (χ4v) is 2.03. The minimum absolute atomic E-state index is 0.187. The Morgan fingerprint density at radius 2 is 1.89 bits per heavy atom. The van der Waals surface area contributed by atoms with Crippen LogP contribution in [0.15, 0.2) is 18.2 Å². The lowest BCUT2D eigenvalue weighted by atomic mass is 10.1. The third kappa shape index (κ3) is 4.26. The maximum Gasteiger partial charge on any atom is 0.257 e. The highest BCUT2D eigenvalue weighted by atomic mass is 35.5. The molecular weight excluding hydrogens is 260 g/mol. The topological polar surface area (TPSA) is 29.1 Å². The van der Waals surface area contributed by atoms with Crippen LogP contribution in [-0.2, 0) is 0 Å². The third-order valence-corrected chi connectivity index (χ3v) is 2.73. The van der Waals surface area contributed by atoms with E-state index in [1.165, 1.54) is 6.07 Å². The monoisotopic (exact) mass is 275 g/mol. The molecule has 1 aromatic carbocycles. The van der Waals surface area contributed by atoms with Gasteiger partial charge in [0, 0.05) is 6.54 Å². The predicted molar refractivity (Wildman–Crippen MR) is 67.8 cm³/mol. The molecule has 18 heavy (non-hydrogen) atoms. The summed E-state index contributed by atoms with van der Waals surface area (Å²) in [6.45, 7) is 4.20. The molecule has 2 nitrogen and oxygen atoms in total. The van der Waals surface area contributed by atoms with Crippen LogP contribution >= 0.6 is 11.6 Å². The number of hydrogen-bond acceptors (Lipinski definition) is 1. The van der Waals surface area contributed by atoms with Crippen molar-refractivity contribution < 1.29 is 13.6 Å². The fraction of sp³-hybridized carbons (Fsp3) is 0.462. The Balaban J connectivity index is 2.61. The zero-order chi connectivity index (χ0) is 13.7. The van der Waals surface area contributed by atoms with Crippen LogP contribution in [0.2, 0.25) is 0 Å². The van der Waals surface area contributed by atoms with Gasteiger partial charge in [0.25, 0.3) is 5.91 Å². The molecule has 0 bridgehead atoms. The van der Waals surface area contributed by atoms with Gasteiger partial charge in [0.05, 0.1) is 5.38 Å². The predicted octanol–water partition coefficient (Wildman–Crippen LogP) is 3.35. The van der Waals surface area contributed by atoms with E-state index < -0.39 is 23.1 Å². The van der Waals surface area contributed by atoms with Gasteiger partial charge in [-0.05, 0) is 24.5 Å². The normalized spacial score (nSPS) is 12.6. The van der Waals surface area contributed by atoms with Gasteiger partial charge >= 0.3 is 0 Å². The molecule has 1 amide bonds. The number of amides is 1. The van der Waals surface area contributed by atoms with E-state index in [0.717, 1.165) is 18.6 Å². The largest absolute Gasteiger partial charge is 0.350 e. The second kappa shape index (κ2) is 6.69. The van der Waals surface area contributed by atoms with Gasteiger partial charge in [0.15, 0.2) is 0 Å². The SMILES string of the molecule is CC(C)CC(Cl)CNC(=O)c1c(F)cccc1F. The number of carbonyl (C=O) groups excluding carboxylic acids is 1. The molecule has 0 saturated heterocycles. The van der Waals surface area contributed by atoms with Gasteiger partial charge < -0.3 is 5.32 Å². The number of hydrogen-bond donors (Lipinski definition) is 1. The highest BCUT2D eigenvalue weighted by Gasteiger charge is 2.17. The molecule has 1 aromatic rings. The molecular formula is C13H16ClF2NO. The number of alkyl halides is 1. The first-order valence-electron chi connectivity index (χ1n) is 5.78. The Bertz CT molecular complexity index is 403. The molecule has 0 spiro atoms. The number of carbonyl (C=O) groups is 1. The molecule has 1 N–H and O–H groups in total. The molecule has 0 saturated carbocycles. The van der Waals surface area contributed by atoms with Crippen LogP contribution in [0.1, 0.15) is 30.6 Å².